The van der Waals surface area contributed by atoms with Gasteiger partial charge in [0.25, 0.3) is 0 Å². The van der Waals surface area contributed by atoms with Crippen molar-refractivity contribution in [2.24, 2.45) is 0 Å². The molecular formula is C14H19NO2. The first-order valence-corrected chi connectivity index (χ1v) is 6.06. The molecule has 0 radical (unpaired) electrons. The van der Waals surface area contributed by atoms with E-state index in [1.54, 1.807) is 7.11 Å². The predicted octanol–water partition coefficient (Wildman–Crippen LogP) is 3.08. The lowest BCUT2D eigenvalue weighted by atomic mass is 10.2. The summed E-state index contributed by atoms with van der Waals surface area (Å²) in [6.45, 7) is 4.62. The molecule has 0 saturated heterocycles. The second kappa shape index (κ2) is 5.73. The van der Waals surface area contributed by atoms with E-state index in [0.29, 0.717) is 0 Å². The largest absolute Gasteiger partial charge is 0.496 e. The molecule has 0 amide bonds. The maximum atomic E-state index is 5.35. The first kappa shape index (κ1) is 12.0. The molecule has 2 aromatic rings. The summed E-state index contributed by atoms with van der Waals surface area (Å²) in [6, 6.07) is 8.25. The molecule has 1 aromatic carbocycles. The maximum absolute atomic E-state index is 5.35. The molecule has 17 heavy (non-hydrogen) atoms. The van der Waals surface area contributed by atoms with Crippen molar-refractivity contribution in [2.45, 2.75) is 19.9 Å². The van der Waals surface area contributed by atoms with Gasteiger partial charge in [-0.1, -0.05) is 6.07 Å². The topological polar surface area (TPSA) is 23.4 Å². The minimum atomic E-state index is 0.792. The number of nitrogens with zero attached hydrogens (tertiary/aromatic N) is 1. The van der Waals surface area contributed by atoms with Crippen LogP contribution in [-0.4, -0.2) is 24.9 Å². The second-order valence-corrected chi connectivity index (χ2v) is 3.95. The third kappa shape index (κ3) is 2.61. The Kier molecular flexibility index (Phi) is 4.04. The van der Waals surface area contributed by atoms with E-state index in [-0.39, 0.29) is 0 Å². The summed E-state index contributed by atoms with van der Waals surface area (Å²) in [5, 5.41) is 1.17. The number of aryl methyl sites for hydroxylation is 1. The third-order valence-electron chi connectivity index (χ3n) is 2.89. The van der Waals surface area contributed by atoms with Gasteiger partial charge < -0.3 is 14.0 Å². The normalized spacial score (nSPS) is 10.9. The highest BCUT2D eigenvalue weighted by molar-refractivity contribution is 5.86. The van der Waals surface area contributed by atoms with Crippen LogP contribution in [0.3, 0.4) is 0 Å². The summed E-state index contributed by atoms with van der Waals surface area (Å²) < 4.78 is 12.9. The lowest BCUT2D eigenvalue weighted by Crippen LogP contribution is -2.01. The van der Waals surface area contributed by atoms with Crippen LogP contribution in [0.1, 0.15) is 13.3 Å². The van der Waals surface area contributed by atoms with Crippen LogP contribution in [0.2, 0.25) is 0 Å². The maximum Gasteiger partial charge on any atom is 0.128 e. The molecule has 0 aliphatic heterocycles. The summed E-state index contributed by atoms with van der Waals surface area (Å²) in [5.74, 6) is 0.936. The van der Waals surface area contributed by atoms with Gasteiger partial charge in [0.2, 0.25) is 0 Å². The molecule has 92 valence electrons. The lowest BCUT2D eigenvalue weighted by Gasteiger charge is -2.06. The zero-order chi connectivity index (χ0) is 12.1. The Balaban J connectivity index is 2.13. The van der Waals surface area contributed by atoms with Crippen LogP contribution < -0.4 is 4.74 Å². The van der Waals surface area contributed by atoms with E-state index in [2.05, 4.69) is 22.9 Å². The van der Waals surface area contributed by atoms with Crippen LogP contribution in [0, 0.1) is 0 Å². The zero-order valence-electron chi connectivity index (χ0n) is 10.5. The highest BCUT2D eigenvalue weighted by atomic mass is 16.5. The van der Waals surface area contributed by atoms with Crippen molar-refractivity contribution < 1.29 is 9.47 Å². The molecule has 0 atom stereocenters. The van der Waals surface area contributed by atoms with E-state index in [4.69, 9.17) is 9.47 Å². The minimum Gasteiger partial charge on any atom is -0.496 e. The van der Waals surface area contributed by atoms with E-state index in [1.807, 2.05) is 19.1 Å². The molecule has 1 heterocycles. The third-order valence-corrected chi connectivity index (χ3v) is 2.89. The Hall–Kier alpha value is -1.48. The molecule has 3 nitrogen and oxygen atoms in total. The van der Waals surface area contributed by atoms with Crippen molar-refractivity contribution in [3.8, 4) is 5.75 Å². The van der Waals surface area contributed by atoms with Gasteiger partial charge in [0.1, 0.15) is 5.75 Å². The summed E-state index contributed by atoms with van der Waals surface area (Å²) in [7, 11) is 1.71. The monoisotopic (exact) mass is 233 g/mol. The second-order valence-electron chi connectivity index (χ2n) is 3.95. The van der Waals surface area contributed by atoms with Gasteiger partial charge in [0.05, 0.1) is 12.6 Å². The molecule has 0 aliphatic rings. The van der Waals surface area contributed by atoms with Crippen LogP contribution in [0.15, 0.2) is 30.5 Å². The van der Waals surface area contributed by atoms with E-state index in [9.17, 15) is 0 Å². The summed E-state index contributed by atoms with van der Waals surface area (Å²) in [6.07, 6.45) is 3.15. The number of hydrogen-bond acceptors (Lipinski definition) is 2. The molecule has 0 N–H and O–H groups in total. The minimum absolute atomic E-state index is 0.792. The number of hydrogen-bond donors (Lipinski definition) is 0. The van der Waals surface area contributed by atoms with Crippen molar-refractivity contribution in [1.29, 1.82) is 0 Å². The number of aromatic nitrogens is 1. The van der Waals surface area contributed by atoms with Crippen molar-refractivity contribution in [3.63, 3.8) is 0 Å². The van der Waals surface area contributed by atoms with Crippen LogP contribution in [0.5, 0.6) is 5.75 Å². The van der Waals surface area contributed by atoms with Crippen LogP contribution >= 0.6 is 0 Å². The quantitative estimate of drug-likeness (QED) is 0.716. The fourth-order valence-corrected chi connectivity index (χ4v) is 2.05. The molecule has 0 saturated carbocycles. The summed E-state index contributed by atoms with van der Waals surface area (Å²) in [4.78, 5) is 0. The number of rotatable bonds is 6. The van der Waals surface area contributed by atoms with Crippen LogP contribution in [0.4, 0.5) is 0 Å². The molecule has 0 bridgehead atoms. The lowest BCUT2D eigenvalue weighted by molar-refractivity contribution is 0.142. The Morgan fingerprint density at radius 1 is 1.24 bits per heavy atom. The van der Waals surface area contributed by atoms with Gasteiger partial charge in [0, 0.05) is 31.3 Å². The van der Waals surface area contributed by atoms with E-state index >= 15 is 0 Å². The highest BCUT2D eigenvalue weighted by Gasteiger charge is 2.04. The molecule has 1 aromatic heterocycles. The first-order chi connectivity index (χ1) is 8.36. The van der Waals surface area contributed by atoms with Gasteiger partial charge >= 0.3 is 0 Å². The van der Waals surface area contributed by atoms with E-state index in [0.717, 1.165) is 31.9 Å². The smallest absolute Gasteiger partial charge is 0.128 e. The van der Waals surface area contributed by atoms with Crippen LogP contribution in [-0.2, 0) is 11.3 Å². The molecule has 0 unspecified atom stereocenters. The number of fused-ring (bicyclic) bond motifs is 1. The fourth-order valence-electron chi connectivity index (χ4n) is 2.05. The van der Waals surface area contributed by atoms with Crippen molar-refractivity contribution in [2.75, 3.05) is 20.3 Å². The van der Waals surface area contributed by atoms with Crippen LogP contribution in [0.25, 0.3) is 10.9 Å². The van der Waals surface area contributed by atoms with Crippen molar-refractivity contribution in [3.05, 3.63) is 30.5 Å². The molecule has 0 spiro atoms. The van der Waals surface area contributed by atoms with E-state index < -0.39 is 0 Å². The zero-order valence-corrected chi connectivity index (χ0v) is 10.5. The Labute approximate surface area is 102 Å². The number of methoxy groups -OCH3 is 1. The Morgan fingerprint density at radius 2 is 2.12 bits per heavy atom. The van der Waals surface area contributed by atoms with Gasteiger partial charge in [-0.05, 0) is 31.5 Å². The summed E-state index contributed by atoms with van der Waals surface area (Å²) >= 11 is 0. The Bertz CT molecular complexity index is 476. The molecule has 0 aliphatic carbocycles. The molecule has 2 rings (SSSR count). The van der Waals surface area contributed by atoms with Gasteiger partial charge in [-0.2, -0.15) is 0 Å². The molecular weight excluding hydrogens is 214 g/mol. The SMILES string of the molecule is CCOCCCn1ccc2c(OC)cccc21. The predicted molar refractivity (Wildman–Crippen MR) is 69.6 cm³/mol. The fraction of sp³-hybridized carbons (Fsp3) is 0.429. The van der Waals surface area contributed by atoms with Crippen molar-refractivity contribution in [1.82, 2.24) is 4.57 Å². The van der Waals surface area contributed by atoms with E-state index in [1.165, 1.54) is 10.9 Å². The van der Waals surface area contributed by atoms with Gasteiger partial charge in [-0.3, -0.25) is 0 Å². The number of ether oxygens (including phenoxy) is 2. The summed E-state index contributed by atoms with van der Waals surface area (Å²) in [5.41, 5.74) is 1.22. The van der Waals surface area contributed by atoms with Gasteiger partial charge in [0.15, 0.2) is 0 Å². The molecule has 0 fully saturated rings. The molecule has 3 heteroatoms. The standard InChI is InChI=1S/C14H19NO2/c1-3-17-11-5-9-15-10-8-12-13(15)6-4-7-14(12)16-2/h4,6-8,10H,3,5,9,11H2,1-2H3. The average Bonchev–Trinajstić information content (AvgIpc) is 2.78. The number of benzene rings is 1. The average molecular weight is 233 g/mol. The Morgan fingerprint density at radius 3 is 2.88 bits per heavy atom. The first-order valence-electron chi connectivity index (χ1n) is 6.06. The van der Waals surface area contributed by atoms with Gasteiger partial charge in [-0.15, -0.1) is 0 Å². The highest BCUT2D eigenvalue weighted by Crippen LogP contribution is 2.26. The van der Waals surface area contributed by atoms with Crippen molar-refractivity contribution >= 4 is 10.9 Å². The van der Waals surface area contributed by atoms with Gasteiger partial charge in [-0.25, -0.2) is 0 Å².